The molecule has 0 bridgehead atoms. The fraction of sp³-hybridized carbons (Fsp3) is 0.750. The van der Waals surface area contributed by atoms with Crippen LogP contribution in [-0.2, 0) is 19.9 Å². The molecule has 3 nitrogen and oxygen atoms in total. The summed E-state index contributed by atoms with van der Waals surface area (Å²) in [6.45, 7) is 2.04. The monoisotopic (exact) mass is 306 g/mol. The van der Waals surface area contributed by atoms with Gasteiger partial charge in [-0.2, -0.15) is 28.6 Å². The number of aryl methyl sites for hydroxylation is 2. The van der Waals surface area contributed by atoms with Gasteiger partial charge in [0.25, 0.3) is 0 Å². The van der Waals surface area contributed by atoms with Gasteiger partial charge >= 0.3 is 0 Å². The Bertz CT molecular complexity index is 405. The second kappa shape index (κ2) is 6.55. The average Bonchev–Trinajstić information content (AvgIpc) is 2.67. The van der Waals surface area contributed by atoms with Gasteiger partial charge in [0.05, 0.1) is 22.5 Å². The van der Waals surface area contributed by atoms with Gasteiger partial charge < -0.3 is 5.11 Å². The largest absolute Gasteiger partial charge is 0.392 e. The molecule has 0 aromatic carbocycles. The van der Waals surface area contributed by atoms with Crippen molar-refractivity contribution in [3.8, 4) is 0 Å². The number of aromatic nitrogens is 2. The Balaban J connectivity index is 2.06. The van der Waals surface area contributed by atoms with Crippen LogP contribution in [0, 0.1) is 0 Å². The molecule has 2 heterocycles. The van der Waals surface area contributed by atoms with E-state index in [0.717, 1.165) is 34.3 Å². The minimum Gasteiger partial charge on any atom is -0.392 e. The molecule has 1 aliphatic heterocycles. The topological polar surface area (TPSA) is 38.0 Å². The SMILES string of the molecule is CCc1nn(C)c(CC(O)C2CSCCS2)c1Cl. The van der Waals surface area contributed by atoms with Crippen LogP contribution in [0.3, 0.4) is 0 Å². The minimum atomic E-state index is -0.333. The highest BCUT2D eigenvalue weighted by Crippen LogP contribution is 2.29. The lowest BCUT2D eigenvalue weighted by molar-refractivity contribution is 0.175. The zero-order chi connectivity index (χ0) is 13.1. The lowest BCUT2D eigenvalue weighted by Gasteiger charge is -2.25. The predicted molar refractivity (Wildman–Crippen MR) is 80.9 cm³/mol. The van der Waals surface area contributed by atoms with Crippen LogP contribution in [0.15, 0.2) is 0 Å². The quantitative estimate of drug-likeness (QED) is 0.927. The molecule has 1 aromatic rings. The van der Waals surface area contributed by atoms with Gasteiger partial charge in [-0.1, -0.05) is 18.5 Å². The van der Waals surface area contributed by atoms with Crippen molar-refractivity contribution in [2.45, 2.75) is 31.1 Å². The molecule has 6 heteroatoms. The standard InChI is InChI=1S/C12H19ClN2OS2/c1-3-8-12(13)9(15(2)14-8)6-10(16)11-7-17-4-5-18-11/h10-11,16H,3-7H2,1-2H3. The van der Waals surface area contributed by atoms with Crippen molar-refractivity contribution < 1.29 is 5.11 Å². The molecule has 2 atom stereocenters. The van der Waals surface area contributed by atoms with E-state index in [4.69, 9.17) is 11.6 Å². The molecule has 18 heavy (non-hydrogen) atoms. The van der Waals surface area contributed by atoms with Gasteiger partial charge in [-0.3, -0.25) is 4.68 Å². The Morgan fingerprint density at radius 3 is 2.89 bits per heavy atom. The van der Waals surface area contributed by atoms with Gasteiger partial charge in [0.15, 0.2) is 0 Å². The first-order valence-electron chi connectivity index (χ1n) is 6.21. The number of nitrogens with zero attached hydrogens (tertiary/aromatic N) is 2. The van der Waals surface area contributed by atoms with Crippen molar-refractivity contribution in [2.75, 3.05) is 17.3 Å². The zero-order valence-corrected chi connectivity index (χ0v) is 13.1. The predicted octanol–water partition coefficient (Wildman–Crippen LogP) is 2.39. The van der Waals surface area contributed by atoms with Gasteiger partial charge in [-0.05, 0) is 6.42 Å². The third-order valence-corrected chi connectivity index (χ3v) is 6.52. The molecule has 0 saturated carbocycles. The van der Waals surface area contributed by atoms with Crippen molar-refractivity contribution >= 4 is 35.1 Å². The molecule has 0 aliphatic carbocycles. The molecule has 0 spiro atoms. The van der Waals surface area contributed by atoms with Gasteiger partial charge in [-0.25, -0.2) is 0 Å². The summed E-state index contributed by atoms with van der Waals surface area (Å²) in [5.74, 6) is 3.36. The lowest BCUT2D eigenvalue weighted by atomic mass is 10.1. The van der Waals surface area contributed by atoms with Crippen LogP contribution in [0.2, 0.25) is 5.02 Å². The summed E-state index contributed by atoms with van der Waals surface area (Å²) in [6.07, 6.45) is 1.09. The molecule has 102 valence electrons. The van der Waals surface area contributed by atoms with E-state index in [9.17, 15) is 5.11 Å². The summed E-state index contributed by atoms with van der Waals surface area (Å²) in [6, 6.07) is 0. The summed E-state index contributed by atoms with van der Waals surface area (Å²) in [7, 11) is 1.90. The van der Waals surface area contributed by atoms with Gasteiger partial charge in [0.2, 0.25) is 0 Å². The van der Waals surface area contributed by atoms with Crippen LogP contribution in [0.1, 0.15) is 18.3 Å². The maximum Gasteiger partial charge on any atom is 0.0850 e. The molecule has 1 saturated heterocycles. The fourth-order valence-corrected chi connectivity index (χ4v) is 5.24. The fourth-order valence-electron chi connectivity index (χ4n) is 2.10. The van der Waals surface area contributed by atoms with Crippen LogP contribution in [-0.4, -0.2) is 43.5 Å². The number of halogens is 1. The first-order chi connectivity index (χ1) is 8.63. The van der Waals surface area contributed by atoms with Crippen LogP contribution in [0.25, 0.3) is 0 Å². The van der Waals surface area contributed by atoms with E-state index in [1.165, 1.54) is 5.75 Å². The van der Waals surface area contributed by atoms with E-state index in [2.05, 4.69) is 5.10 Å². The molecule has 1 aliphatic rings. The summed E-state index contributed by atoms with van der Waals surface area (Å²) in [5, 5.41) is 15.8. The van der Waals surface area contributed by atoms with Crippen molar-refractivity contribution in [3.05, 3.63) is 16.4 Å². The number of thioether (sulfide) groups is 2. The molecule has 2 unspecified atom stereocenters. The molecule has 0 radical (unpaired) electrons. The molecule has 1 aromatic heterocycles. The molecule has 0 amide bonds. The van der Waals surface area contributed by atoms with Crippen LogP contribution >= 0.6 is 35.1 Å². The first kappa shape index (κ1) is 14.6. The second-order valence-corrected chi connectivity index (χ2v) is 7.32. The number of rotatable bonds is 4. The Kier molecular flexibility index (Phi) is 5.30. The molecular weight excluding hydrogens is 288 g/mol. The highest BCUT2D eigenvalue weighted by atomic mass is 35.5. The Hall–Kier alpha value is 0.160. The third kappa shape index (κ3) is 3.18. The normalized spacial score (nSPS) is 22.1. The number of hydrogen-bond donors (Lipinski definition) is 1. The maximum absolute atomic E-state index is 10.3. The number of hydrogen-bond acceptors (Lipinski definition) is 4. The molecule has 1 N–H and O–H groups in total. The van der Waals surface area contributed by atoms with E-state index in [1.54, 1.807) is 0 Å². The summed E-state index contributed by atoms with van der Waals surface area (Å²) < 4.78 is 1.81. The Morgan fingerprint density at radius 2 is 2.33 bits per heavy atom. The zero-order valence-electron chi connectivity index (χ0n) is 10.7. The van der Waals surface area contributed by atoms with Gasteiger partial charge in [0, 0.05) is 36.0 Å². The van der Waals surface area contributed by atoms with E-state index >= 15 is 0 Å². The molecule has 2 rings (SSSR count). The van der Waals surface area contributed by atoms with Crippen LogP contribution in [0.5, 0.6) is 0 Å². The molecule has 1 fully saturated rings. The average molecular weight is 307 g/mol. The van der Waals surface area contributed by atoms with Crippen LogP contribution in [0.4, 0.5) is 0 Å². The smallest absolute Gasteiger partial charge is 0.0850 e. The summed E-state index contributed by atoms with van der Waals surface area (Å²) >= 11 is 10.1. The van der Waals surface area contributed by atoms with Crippen molar-refractivity contribution in [2.24, 2.45) is 7.05 Å². The van der Waals surface area contributed by atoms with Crippen molar-refractivity contribution in [1.82, 2.24) is 9.78 Å². The van der Waals surface area contributed by atoms with Gasteiger partial charge in [-0.15, -0.1) is 0 Å². The summed E-state index contributed by atoms with van der Waals surface area (Å²) in [5.41, 5.74) is 1.88. The number of aliphatic hydroxyl groups is 1. The van der Waals surface area contributed by atoms with E-state index < -0.39 is 0 Å². The van der Waals surface area contributed by atoms with E-state index in [1.807, 2.05) is 42.2 Å². The Morgan fingerprint density at radius 1 is 1.56 bits per heavy atom. The van der Waals surface area contributed by atoms with Crippen molar-refractivity contribution in [1.29, 1.82) is 0 Å². The third-order valence-electron chi connectivity index (χ3n) is 3.18. The van der Waals surface area contributed by atoms with Gasteiger partial charge in [0.1, 0.15) is 0 Å². The summed E-state index contributed by atoms with van der Waals surface area (Å²) in [4.78, 5) is 0. The maximum atomic E-state index is 10.3. The number of aliphatic hydroxyl groups excluding tert-OH is 1. The van der Waals surface area contributed by atoms with E-state index in [-0.39, 0.29) is 6.10 Å². The highest BCUT2D eigenvalue weighted by molar-refractivity contribution is 8.06. The van der Waals surface area contributed by atoms with E-state index in [0.29, 0.717) is 11.7 Å². The lowest BCUT2D eigenvalue weighted by Crippen LogP contribution is -2.31. The van der Waals surface area contributed by atoms with Crippen LogP contribution < -0.4 is 0 Å². The Labute approximate surface area is 122 Å². The molecular formula is C12H19ClN2OS2. The highest BCUT2D eigenvalue weighted by Gasteiger charge is 2.25. The first-order valence-corrected chi connectivity index (χ1v) is 8.79. The van der Waals surface area contributed by atoms with Crippen molar-refractivity contribution in [3.63, 3.8) is 0 Å². The minimum absolute atomic E-state index is 0.319. The second-order valence-electron chi connectivity index (χ2n) is 4.44.